The first-order valence-corrected chi connectivity index (χ1v) is 7.12. The highest BCUT2D eigenvalue weighted by Gasteiger charge is 1.92. The zero-order chi connectivity index (χ0) is 16.9. The Morgan fingerprint density at radius 2 is 1.52 bits per heavy atom. The molecule has 1 aromatic rings. The van der Waals surface area contributed by atoms with E-state index in [2.05, 4.69) is 13.2 Å². The summed E-state index contributed by atoms with van der Waals surface area (Å²) in [6.45, 7) is 16.9. The van der Waals surface area contributed by atoms with Crippen LogP contribution in [0.3, 0.4) is 0 Å². The summed E-state index contributed by atoms with van der Waals surface area (Å²) in [7, 11) is 0. The number of allylic oxidation sites excluding steroid dienone is 3. The molecule has 0 aliphatic heterocycles. The second kappa shape index (κ2) is 23.0. The average molecular weight is 290 g/mol. The van der Waals surface area contributed by atoms with Crippen LogP contribution in [0.4, 0.5) is 0 Å². The van der Waals surface area contributed by atoms with Crippen LogP contribution in [0, 0.1) is 0 Å². The van der Waals surface area contributed by atoms with Crippen LogP contribution in [0.1, 0.15) is 40.2 Å². The van der Waals surface area contributed by atoms with Crippen LogP contribution in [0.2, 0.25) is 0 Å². The Hall–Kier alpha value is -2.09. The van der Waals surface area contributed by atoms with Gasteiger partial charge in [0, 0.05) is 0 Å². The lowest BCUT2D eigenvalue weighted by Crippen LogP contribution is -1.90. The lowest BCUT2D eigenvalue weighted by atomic mass is 10.2. The van der Waals surface area contributed by atoms with Crippen LogP contribution in [0.5, 0.6) is 0 Å². The summed E-state index contributed by atoms with van der Waals surface area (Å²) in [5.74, 6) is 0.823. The fraction of sp³-hybridized carbons (Fsp3) is 0.316. The van der Waals surface area contributed by atoms with Gasteiger partial charge in [0.05, 0.1) is 0 Å². The molecule has 0 saturated heterocycles. The maximum atomic E-state index is 8.81. The van der Waals surface area contributed by atoms with Gasteiger partial charge in [0.25, 0.3) is 0 Å². The van der Waals surface area contributed by atoms with Crippen LogP contribution in [-0.2, 0) is 16.1 Å². The lowest BCUT2D eigenvalue weighted by Gasteiger charge is -2.05. The number of carbonyl (C=O) groups is 1. The zero-order valence-electron chi connectivity index (χ0n) is 14.1. The van der Waals surface area contributed by atoms with Gasteiger partial charge < -0.3 is 9.53 Å². The molecule has 0 aliphatic carbocycles. The van der Waals surface area contributed by atoms with E-state index in [4.69, 9.17) is 9.53 Å². The Balaban J connectivity index is -0.000000342. The molecule has 118 valence electrons. The summed E-state index contributed by atoms with van der Waals surface area (Å²) in [5, 5.41) is 0. The minimum atomic E-state index is 0.604. The fourth-order valence-electron chi connectivity index (χ4n) is 1.00. The summed E-state index contributed by atoms with van der Waals surface area (Å²) >= 11 is 0. The highest BCUT2D eigenvalue weighted by molar-refractivity contribution is 5.44. The van der Waals surface area contributed by atoms with Crippen molar-refractivity contribution < 1.29 is 9.53 Å². The molecule has 0 bridgehead atoms. The van der Waals surface area contributed by atoms with Crippen molar-refractivity contribution in [3.05, 3.63) is 73.0 Å². The third-order valence-electron chi connectivity index (χ3n) is 1.73. The lowest BCUT2D eigenvalue weighted by molar-refractivity contribution is -0.106. The summed E-state index contributed by atoms with van der Waals surface area (Å²) in [6.07, 6.45) is 6.11. The van der Waals surface area contributed by atoms with Crippen LogP contribution in [0.25, 0.3) is 0 Å². The van der Waals surface area contributed by atoms with E-state index in [0.29, 0.717) is 6.61 Å². The molecule has 0 radical (unpaired) electrons. The van der Waals surface area contributed by atoms with Crippen molar-refractivity contribution >= 4 is 6.29 Å². The number of hydrogen-bond acceptors (Lipinski definition) is 2. The van der Waals surface area contributed by atoms with Crippen LogP contribution in [0.15, 0.2) is 67.5 Å². The first kappa shape index (κ1) is 24.0. The highest BCUT2D eigenvalue weighted by Crippen LogP contribution is 2.05. The molecule has 0 aromatic heterocycles. The number of carbonyl (C=O) groups excluding carboxylic acids is 1. The minimum absolute atomic E-state index is 0.604. The van der Waals surface area contributed by atoms with Crippen molar-refractivity contribution in [3.63, 3.8) is 0 Å². The molecular weight excluding hydrogens is 260 g/mol. The van der Waals surface area contributed by atoms with Crippen molar-refractivity contribution in [1.29, 1.82) is 0 Å². The van der Waals surface area contributed by atoms with Gasteiger partial charge in [-0.05, 0) is 38.5 Å². The SMILES string of the molecule is C=C/C(=C\C)OCc1ccccc1.C=CC.CC.CC=O. The third-order valence-corrected chi connectivity index (χ3v) is 1.73. The molecule has 1 aromatic carbocycles. The maximum Gasteiger partial charge on any atom is 0.116 e. The van der Waals surface area contributed by atoms with E-state index in [1.54, 1.807) is 12.2 Å². The van der Waals surface area contributed by atoms with Crippen LogP contribution >= 0.6 is 0 Å². The van der Waals surface area contributed by atoms with Crippen LogP contribution < -0.4 is 0 Å². The molecule has 0 spiro atoms. The van der Waals surface area contributed by atoms with Gasteiger partial charge in [-0.3, -0.25) is 0 Å². The molecule has 1 rings (SSSR count). The van der Waals surface area contributed by atoms with Gasteiger partial charge in [-0.15, -0.1) is 6.58 Å². The van der Waals surface area contributed by atoms with E-state index in [-0.39, 0.29) is 0 Å². The van der Waals surface area contributed by atoms with Gasteiger partial charge in [0.2, 0.25) is 0 Å². The van der Waals surface area contributed by atoms with E-state index in [1.807, 2.05) is 64.1 Å². The Kier molecular flexibility index (Phi) is 26.3. The van der Waals surface area contributed by atoms with Crippen molar-refractivity contribution in [3.8, 4) is 0 Å². The minimum Gasteiger partial charge on any atom is -0.489 e. The molecule has 0 atom stereocenters. The monoisotopic (exact) mass is 290 g/mol. The number of aldehydes is 1. The fourth-order valence-corrected chi connectivity index (χ4v) is 1.00. The Labute approximate surface area is 130 Å². The smallest absolute Gasteiger partial charge is 0.116 e. The first-order valence-electron chi connectivity index (χ1n) is 7.12. The van der Waals surface area contributed by atoms with Gasteiger partial charge in [0.1, 0.15) is 18.7 Å². The van der Waals surface area contributed by atoms with E-state index in [9.17, 15) is 0 Å². The summed E-state index contributed by atoms with van der Waals surface area (Å²) in [5.41, 5.74) is 1.17. The quantitative estimate of drug-likeness (QED) is 0.307. The summed E-state index contributed by atoms with van der Waals surface area (Å²) in [4.78, 5) is 8.81. The van der Waals surface area contributed by atoms with Crippen molar-refractivity contribution in [2.75, 3.05) is 0 Å². The Morgan fingerprint density at radius 1 is 1.10 bits per heavy atom. The van der Waals surface area contributed by atoms with E-state index in [0.717, 1.165) is 12.0 Å². The maximum absolute atomic E-state index is 8.81. The predicted molar refractivity (Wildman–Crippen MR) is 94.1 cm³/mol. The summed E-state index contributed by atoms with van der Waals surface area (Å²) < 4.78 is 5.47. The topological polar surface area (TPSA) is 26.3 Å². The molecule has 0 heterocycles. The molecule has 0 N–H and O–H groups in total. The first-order chi connectivity index (χ1) is 10.2. The molecule has 21 heavy (non-hydrogen) atoms. The molecule has 0 saturated carbocycles. The third kappa shape index (κ3) is 20.4. The van der Waals surface area contributed by atoms with Gasteiger partial charge >= 0.3 is 0 Å². The Bertz CT molecular complexity index is 358. The second-order valence-corrected chi connectivity index (χ2v) is 3.31. The molecule has 2 nitrogen and oxygen atoms in total. The largest absolute Gasteiger partial charge is 0.489 e. The standard InChI is InChI=1S/C12H14O.C3H6.C2H4O.C2H6/c1-3-12(4-2)13-10-11-8-6-5-7-9-11;1-3-2;1-2-3;1-2/h3-9H,1,10H2,2H3;3H,1H2,2H3;2H,1H3;1-2H3/b12-4+;;;. The van der Waals surface area contributed by atoms with Crippen molar-refractivity contribution in [2.24, 2.45) is 0 Å². The Morgan fingerprint density at radius 3 is 1.86 bits per heavy atom. The van der Waals surface area contributed by atoms with Gasteiger partial charge in [0.15, 0.2) is 0 Å². The van der Waals surface area contributed by atoms with Gasteiger partial charge in [-0.1, -0.05) is 56.8 Å². The molecule has 0 amide bonds. The predicted octanol–water partition coefficient (Wildman–Crippen LogP) is 5.72. The van der Waals surface area contributed by atoms with E-state index in [1.165, 1.54) is 12.5 Å². The normalized spacial score (nSPS) is 8.33. The van der Waals surface area contributed by atoms with E-state index >= 15 is 0 Å². The number of ether oxygens (including phenoxy) is 1. The van der Waals surface area contributed by atoms with Gasteiger partial charge in [-0.25, -0.2) is 0 Å². The highest BCUT2D eigenvalue weighted by atomic mass is 16.5. The summed E-state index contributed by atoms with van der Waals surface area (Å²) in [6, 6.07) is 10.1. The van der Waals surface area contributed by atoms with Gasteiger partial charge in [-0.2, -0.15) is 0 Å². The van der Waals surface area contributed by atoms with Crippen molar-refractivity contribution in [2.45, 2.75) is 41.2 Å². The average Bonchev–Trinajstić information content (AvgIpc) is 2.53. The molecule has 0 aliphatic rings. The molecular formula is C19H30O2. The number of rotatable bonds is 4. The zero-order valence-corrected chi connectivity index (χ0v) is 14.1. The second-order valence-electron chi connectivity index (χ2n) is 3.31. The molecule has 0 unspecified atom stereocenters. The number of benzene rings is 1. The molecule has 0 fully saturated rings. The van der Waals surface area contributed by atoms with E-state index < -0.39 is 0 Å². The van der Waals surface area contributed by atoms with Crippen LogP contribution in [-0.4, -0.2) is 6.29 Å². The van der Waals surface area contributed by atoms with Crippen molar-refractivity contribution in [1.82, 2.24) is 0 Å². The molecule has 2 heteroatoms. The number of hydrogen-bond donors (Lipinski definition) is 0.